The molecule has 0 spiro atoms. The molecule has 0 fully saturated rings. The molecule has 0 radical (unpaired) electrons. The number of aliphatic hydroxyl groups excluding tert-OH is 1. The molecule has 0 heterocycles. The van der Waals surface area contributed by atoms with Crippen molar-refractivity contribution < 1.29 is 18.6 Å². The van der Waals surface area contributed by atoms with E-state index in [1.807, 2.05) is 6.92 Å². The maximum atomic E-state index is 13.3. The number of hydrogen-bond donors (Lipinski definition) is 2. The first-order chi connectivity index (χ1) is 9.40. The highest BCUT2D eigenvalue weighted by Crippen LogP contribution is 2.17. The molecular formula is C15H23F2NO2. The second kappa shape index (κ2) is 8.17. The number of nitrogens with one attached hydrogen (secondary N) is 1. The average molecular weight is 287 g/mol. The van der Waals surface area contributed by atoms with Gasteiger partial charge in [-0.1, -0.05) is 19.9 Å². The van der Waals surface area contributed by atoms with Gasteiger partial charge in [-0.2, -0.15) is 0 Å². The Balaban J connectivity index is 2.35. The van der Waals surface area contributed by atoms with E-state index in [9.17, 15) is 13.9 Å². The number of halogens is 2. The Labute approximate surface area is 119 Å². The van der Waals surface area contributed by atoms with Crippen molar-refractivity contribution in [2.24, 2.45) is 5.92 Å². The molecule has 5 heteroatoms. The van der Waals surface area contributed by atoms with Gasteiger partial charge in [0, 0.05) is 6.54 Å². The molecule has 2 atom stereocenters. The van der Waals surface area contributed by atoms with E-state index in [4.69, 9.17) is 4.74 Å². The second-order valence-corrected chi connectivity index (χ2v) is 5.40. The summed E-state index contributed by atoms with van der Waals surface area (Å²) in [6, 6.07) is 3.63. The van der Waals surface area contributed by atoms with E-state index in [1.54, 1.807) is 0 Å². The molecule has 0 aliphatic rings. The van der Waals surface area contributed by atoms with E-state index in [1.165, 1.54) is 18.2 Å². The van der Waals surface area contributed by atoms with Gasteiger partial charge in [-0.3, -0.25) is 0 Å². The normalized spacial score (nSPS) is 14.3. The average Bonchev–Trinajstić information content (AvgIpc) is 2.35. The molecule has 0 aromatic heterocycles. The van der Waals surface area contributed by atoms with Gasteiger partial charge in [0.05, 0.1) is 18.8 Å². The van der Waals surface area contributed by atoms with E-state index in [0.717, 1.165) is 6.42 Å². The number of aliphatic hydroxyl groups is 1. The Hall–Kier alpha value is -1.20. The molecule has 0 amide bonds. The lowest BCUT2D eigenvalue weighted by Gasteiger charge is -2.18. The third-order valence-corrected chi connectivity index (χ3v) is 2.85. The van der Waals surface area contributed by atoms with Crippen LogP contribution >= 0.6 is 0 Å². The van der Waals surface area contributed by atoms with Crippen LogP contribution in [-0.2, 0) is 4.74 Å². The summed E-state index contributed by atoms with van der Waals surface area (Å²) in [4.78, 5) is 0. The Morgan fingerprint density at radius 2 is 1.80 bits per heavy atom. The van der Waals surface area contributed by atoms with E-state index < -0.39 is 17.7 Å². The minimum Gasteiger partial charge on any atom is -0.389 e. The predicted octanol–water partition coefficient (Wildman–Crippen LogP) is 3.19. The van der Waals surface area contributed by atoms with E-state index in [-0.39, 0.29) is 24.9 Å². The van der Waals surface area contributed by atoms with Crippen molar-refractivity contribution >= 4 is 5.69 Å². The van der Waals surface area contributed by atoms with Crippen LogP contribution in [0.1, 0.15) is 27.2 Å². The van der Waals surface area contributed by atoms with Crippen molar-refractivity contribution in [3.8, 4) is 0 Å². The van der Waals surface area contributed by atoms with Crippen molar-refractivity contribution in [2.75, 3.05) is 18.5 Å². The van der Waals surface area contributed by atoms with Gasteiger partial charge in [-0.05, 0) is 31.4 Å². The summed E-state index contributed by atoms with van der Waals surface area (Å²) in [5, 5.41) is 12.3. The smallest absolute Gasteiger partial charge is 0.149 e. The van der Waals surface area contributed by atoms with Crippen molar-refractivity contribution in [2.45, 2.75) is 39.4 Å². The predicted molar refractivity (Wildman–Crippen MR) is 75.7 cm³/mol. The number of ether oxygens (including phenoxy) is 1. The minimum atomic E-state index is -0.816. The first-order valence-corrected chi connectivity index (χ1v) is 6.87. The first kappa shape index (κ1) is 16.9. The second-order valence-electron chi connectivity index (χ2n) is 5.40. The van der Waals surface area contributed by atoms with E-state index in [0.29, 0.717) is 5.92 Å². The number of benzene rings is 1. The number of para-hydroxylation sites is 1. The van der Waals surface area contributed by atoms with E-state index in [2.05, 4.69) is 19.2 Å². The summed E-state index contributed by atoms with van der Waals surface area (Å²) < 4.78 is 32.2. The number of hydrogen-bond acceptors (Lipinski definition) is 3. The van der Waals surface area contributed by atoms with Gasteiger partial charge in [0.15, 0.2) is 0 Å². The third kappa shape index (κ3) is 5.84. The van der Waals surface area contributed by atoms with Crippen LogP contribution in [-0.4, -0.2) is 30.5 Å². The maximum Gasteiger partial charge on any atom is 0.149 e. The monoisotopic (exact) mass is 287 g/mol. The molecule has 0 saturated heterocycles. The Kier molecular flexibility index (Phi) is 6.88. The molecular weight excluding hydrogens is 264 g/mol. The lowest BCUT2D eigenvalue weighted by Crippen LogP contribution is -2.28. The fraction of sp³-hybridized carbons (Fsp3) is 0.600. The number of rotatable bonds is 8. The first-order valence-electron chi connectivity index (χ1n) is 6.87. The van der Waals surface area contributed by atoms with E-state index >= 15 is 0 Å². The summed E-state index contributed by atoms with van der Waals surface area (Å²) >= 11 is 0. The molecule has 2 unspecified atom stereocenters. The van der Waals surface area contributed by atoms with Crippen LogP contribution < -0.4 is 5.32 Å². The van der Waals surface area contributed by atoms with Crippen molar-refractivity contribution in [3.05, 3.63) is 29.8 Å². The Morgan fingerprint density at radius 1 is 1.20 bits per heavy atom. The largest absolute Gasteiger partial charge is 0.389 e. The molecule has 2 N–H and O–H groups in total. The van der Waals surface area contributed by atoms with Crippen LogP contribution in [0.25, 0.3) is 0 Å². The fourth-order valence-corrected chi connectivity index (χ4v) is 1.95. The van der Waals surface area contributed by atoms with Crippen LogP contribution in [0, 0.1) is 17.6 Å². The summed E-state index contributed by atoms with van der Waals surface area (Å²) in [7, 11) is 0. The highest BCUT2D eigenvalue weighted by molar-refractivity contribution is 5.46. The van der Waals surface area contributed by atoms with Gasteiger partial charge in [-0.25, -0.2) is 8.78 Å². The zero-order valence-electron chi connectivity index (χ0n) is 12.2. The standard InChI is InChI=1S/C15H23F2NO2/c1-10(2)7-11(3)20-9-12(19)8-18-15-13(16)5-4-6-14(15)17/h4-6,10-12,18-19H,7-9H2,1-3H3. The molecule has 1 aromatic carbocycles. The topological polar surface area (TPSA) is 41.5 Å². The zero-order valence-corrected chi connectivity index (χ0v) is 12.2. The maximum absolute atomic E-state index is 13.3. The molecule has 1 rings (SSSR count). The lowest BCUT2D eigenvalue weighted by molar-refractivity contribution is -0.00447. The zero-order chi connectivity index (χ0) is 15.1. The van der Waals surface area contributed by atoms with Crippen LogP contribution in [0.5, 0.6) is 0 Å². The van der Waals surface area contributed by atoms with Crippen molar-refractivity contribution in [3.63, 3.8) is 0 Å². The molecule has 1 aromatic rings. The van der Waals surface area contributed by atoms with Gasteiger partial charge in [0.2, 0.25) is 0 Å². The summed E-state index contributed by atoms with van der Waals surface area (Å²) in [6.07, 6.45) is 0.140. The van der Waals surface area contributed by atoms with Crippen LogP contribution in [0.15, 0.2) is 18.2 Å². The lowest BCUT2D eigenvalue weighted by atomic mass is 10.1. The molecule has 3 nitrogen and oxygen atoms in total. The summed E-state index contributed by atoms with van der Waals surface area (Å²) in [6.45, 7) is 6.30. The van der Waals surface area contributed by atoms with Crippen LogP contribution in [0.2, 0.25) is 0 Å². The van der Waals surface area contributed by atoms with Crippen LogP contribution in [0.4, 0.5) is 14.5 Å². The molecule has 20 heavy (non-hydrogen) atoms. The fourth-order valence-electron chi connectivity index (χ4n) is 1.95. The van der Waals surface area contributed by atoms with Crippen LogP contribution in [0.3, 0.4) is 0 Å². The van der Waals surface area contributed by atoms with Crippen molar-refractivity contribution in [1.82, 2.24) is 0 Å². The van der Waals surface area contributed by atoms with Gasteiger partial charge in [0.25, 0.3) is 0 Å². The highest BCUT2D eigenvalue weighted by atomic mass is 19.1. The van der Waals surface area contributed by atoms with Gasteiger partial charge >= 0.3 is 0 Å². The van der Waals surface area contributed by atoms with Gasteiger partial charge in [-0.15, -0.1) is 0 Å². The van der Waals surface area contributed by atoms with Crippen molar-refractivity contribution in [1.29, 1.82) is 0 Å². The molecule has 114 valence electrons. The summed E-state index contributed by atoms with van der Waals surface area (Å²) in [5.41, 5.74) is -0.221. The molecule has 0 saturated carbocycles. The third-order valence-electron chi connectivity index (χ3n) is 2.85. The van der Waals surface area contributed by atoms with Gasteiger partial charge < -0.3 is 15.2 Å². The minimum absolute atomic E-state index is 0.0340. The molecule has 0 bridgehead atoms. The SMILES string of the molecule is CC(C)CC(C)OCC(O)CNc1c(F)cccc1F. The van der Waals surface area contributed by atoms with Gasteiger partial charge in [0.1, 0.15) is 17.3 Å². The quantitative estimate of drug-likeness (QED) is 0.771. The highest BCUT2D eigenvalue weighted by Gasteiger charge is 2.12. The molecule has 0 aliphatic carbocycles. The molecule has 0 aliphatic heterocycles. The Bertz CT molecular complexity index is 393. The summed E-state index contributed by atoms with van der Waals surface area (Å²) in [5.74, 6) is -0.828. The Morgan fingerprint density at radius 3 is 2.35 bits per heavy atom. The number of anilines is 1.